The smallest absolute Gasteiger partial charge is 0.256 e. The molecule has 0 saturated heterocycles. The minimum absolute atomic E-state index is 0.0432. The number of nitrogens with one attached hydrogen (secondary N) is 1. The van der Waals surface area contributed by atoms with Crippen molar-refractivity contribution in [3.8, 4) is 5.75 Å². The average molecular weight is 484 g/mol. The van der Waals surface area contributed by atoms with Crippen LogP contribution in [-0.4, -0.2) is 30.0 Å². The Morgan fingerprint density at radius 3 is 2.15 bits per heavy atom. The van der Waals surface area contributed by atoms with E-state index >= 15 is 0 Å². The Hall–Kier alpha value is -1.53. The molecule has 0 aromatic heterocycles. The van der Waals surface area contributed by atoms with Gasteiger partial charge in [-0.1, -0.05) is 18.2 Å². The molecule has 0 aliphatic carbocycles. The third-order valence-corrected chi connectivity index (χ3v) is 5.37. The molecular formula is C20H24Br2N2O2. The highest BCUT2D eigenvalue weighted by atomic mass is 79.9. The van der Waals surface area contributed by atoms with Crippen molar-refractivity contribution in [1.29, 1.82) is 0 Å². The van der Waals surface area contributed by atoms with Crippen molar-refractivity contribution < 1.29 is 9.53 Å². The average Bonchev–Trinajstić information content (AvgIpc) is 2.55. The molecule has 0 radical (unpaired) electrons. The number of anilines is 2. The molecule has 0 atom stereocenters. The van der Waals surface area contributed by atoms with Crippen molar-refractivity contribution in [3.63, 3.8) is 0 Å². The predicted molar refractivity (Wildman–Crippen MR) is 115 cm³/mol. The van der Waals surface area contributed by atoms with Gasteiger partial charge in [-0.05, 0) is 77.8 Å². The van der Waals surface area contributed by atoms with Crippen molar-refractivity contribution in [2.24, 2.45) is 0 Å². The predicted octanol–water partition coefficient (Wildman–Crippen LogP) is 6.22. The molecule has 1 amide bonds. The highest BCUT2D eigenvalue weighted by Crippen LogP contribution is 2.42. The van der Waals surface area contributed by atoms with Gasteiger partial charge in [-0.2, -0.15) is 0 Å². The molecule has 1 N–H and O–H groups in total. The van der Waals surface area contributed by atoms with Crippen LogP contribution in [0.2, 0.25) is 0 Å². The first-order valence-corrected chi connectivity index (χ1v) is 10.1. The van der Waals surface area contributed by atoms with Gasteiger partial charge in [0.15, 0.2) is 5.75 Å². The van der Waals surface area contributed by atoms with Gasteiger partial charge in [-0.25, -0.2) is 0 Å². The van der Waals surface area contributed by atoms with E-state index in [1.807, 2.05) is 69.0 Å². The van der Waals surface area contributed by atoms with Crippen LogP contribution in [0.1, 0.15) is 38.1 Å². The van der Waals surface area contributed by atoms with E-state index in [1.54, 1.807) is 7.11 Å². The Balaban J connectivity index is 2.51. The van der Waals surface area contributed by atoms with E-state index in [4.69, 9.17) is 4.74 Å². The molecule has 0 bridgehead atoms. The summed E-state index contributed by atoms with van der Waals surface area (Å²) < 4.78 is 6.93. The van der Waals surface area contributed by atoms with Crippen LogP contribution in [0.15, 0.2) is 45.3 Å². The topological polar surface area (TPSA) is 41.6 Å². The summed E-state index contributed by atoms with van der Waals surface area (Å²) >= 11 is 7.15. The van der Waals surface area contributed by atoms with Gasteiger partial charge in [0, 0.05) is 22.2 Å². The summed E-state index contributed by atoms with van der Waals surface area (Å²) in [5.41, 5.74) is 2.27. The van der Waals surface area contributed by atoms with Gasteiger partial charge in [-0.3, -0.25) is 4.79 Å². The number of para-hydroxylation sites is 1. The molecule has 2 aromatic carbocycles. The number of hydrogen-bond donors (Lipinski definition) is 1. The molecule has 0 fully saturated rings. The van der Waals surface area contributed by atoms with E-state index in [0.29, 0.717) is 20.3 Å². The second-order valence-corrected chi connectivity index (χ2v) is 8.17. The summed E-state index contributed by atoms with van der Waals surface area (Å²) in [4.78, 5) is 15.1. The maximum atomic E-state index is 13.2. The maximum absolute atomic E-state index is 13.2. The van der Waals surface area contributed by atoms with Gasteiger partial charge < -0.3 is 15.0 Å². The number of carbonyl (C=O) groups is 1. The second kappa shape index (κ2) is 8.91. The minimum Gasteiger partial charge on any atom is -0.493 e. The molecule has 6 heteroatoms. The molecule has 0 unspecified atom stereocenters. The zero-order chi connectivity index (χ0) is 19.4. The van der Waals surface area contributed by atoms with Crippen LogP contribution in [0, 0.1) is 0 Å². The van der Waals surface area contributed by atoms with Crippen LogP contribution >= 0.6 is 31.9 Å². The lowest BCUT2D eigenvalue weighted by Gasteiger charge is -2.32. The third-order valence-electron chi connectivity index (χ3n) is 3.99. The van der Waals surface area contributed by atoms with Gasteiger partial charge in [-0.15, -0.1) is 0 Å². The molecule has 140 valence electrons. The summed E-state index contributed by atoms with van der Waals surface area (Å²) in [6.07, 6.45) is 0. The quantitative estimate of drug-likeness (QED) is 0.529. The van der Waals surface area contributed by atoms with Crippen LogP contribution in [0.5, 0.6) is 5.75 Å². The molecule has 2 rings (SSSR count). The van der Waals surface area contributed by atoms with Crippen molar-refractivity contribution in [2.45, 2.75) is 39.8 Å². The van der Waals surface area contributed by atoms with E-state index in [1.165, 1.54) is 0 Å². The summed E-state index contributed by atoms with van der Waals surface area (Å²) in [5, 5.41) is 3.34. The lowest BCUT2D eigenvalue weighted by molar-refractivity contribution is 0.0641. The molecule has 0 spiro atoms. The Bertz CT molecular complexity index is 769. The van der Waals surface area contributed by atoms with Gasteiger partial charge in [0.25, 0.3) is 5.91 Å². The van der Waals surface area contributed by atoms with Gasteiger partial charge in [0.1, 0.15) is 0 Å². The van der Waals surface area contributed by atoms with Crippen LogP contribution in [0.3, 0.4) is 0 Å². The highest BCUT2D eigenvalue weighted by Gasteiger charge is 2.28. The van der Waals surface area contributed by atoms with E-state index in [9.17, 15) is 4.79 Å². The SMILES string of the molecule is COc1c(Nc2ccccc2)cc(Br)c(C(=O)N(C(C)C)C(C)C)c1Br. The van der Waals surface area contributed by atoms with E-state index in [0.717, 1.165) is 11.4 Å². The van der Waals surface area contributed by atoms with Crippen molar-refractivity contribution in [1.82, 2.24) is 4.90 Å². The number of nitrogens with zero attached hydrogens (tertiary/aromatic N) is 1. The number of rotatable bonds is 6. The first-order valence-electron chi connectivity index (χ1n) is 8.48. The Morgan fingerprint density at radius 1 is 1.08 bits per heavy atom. The Labute approximate surface area is 172 Å². The first-order chi connectivity index (χ1) is 12.3. The van der Waals surface area contributed by atoms with Gasteiger partial charge >= 0.3 is 0 Å². The van der Waals surface area contributed by atoms with Gasteiger partial charge in [0.05, 0.1) is 22.8 Å². The molecule has 0 saturated carbocycles. The fraction of sp³-hybridized carbons (Fsp3) is 0.350. The van der Waals surface area contributed by atoms with E-state index in [2.05, 4.69) is 37.2 Å². The lowest BCUT2D eigenvalue weighted by Crippen LogP contribution is -2.42. The lowest BCUT2D eigenvalue weighted by atomic mass is 10.1. The van der Waals surface area contributed by atoms with Crippen molar-refractivity contribution in [3.05, 3.63) is 50.9 Å². The van der Waals surface area contributed by atoms with Crippen LogP contribution < -0.4 is 10.1 Å². The Kier molecular flexibility index (Phi) is 7.12. The summed E-state index contributed by atoms with van der Waals surface area (Å²) in [7, 11) is 1.60. The number of methoxy groups -OCH3 is 1. The number of ether oxygens (including phenoxy) is 1. The highest BCUT2D eigenvalue weighted by molar-refractivity contribution is 9.11. The minimum atomic E-state index is -0.0432. The molecule has 4 nitrogen and oxygen atoms in total. The summed E-state index contributed by atoms with van der Waals surface area (Å²) in [6, 6.07) is 11.9. The zero-order valence-electron chi connectivity index (χ0n) is 15.6. The first kappa shape index (κ1) is 20.8. The summed E-state index contributed by atoms with van der Waals surface area (Å²) in [5.74, 6) is 0.547. The van der Waals surface area contributed by atoms with Gasteiger partial charge in [0.2, 0.25) is 0 Å². The monoisotopic (exact) mass is 482 g/mol. The van der Waals surface area contributed by atoms with Crippen LogP contribution in [0.25, 0.3) is 0 Å². The Morgan fingerprint density at radius 2 is 1.65 bits per heavy atom. The molecule has 0 aliphatic rings. The number of halogens is 2. The normalized spacial score (nSPS) is 11.0. The fourth-order valence-corrected chi connectivity index (χ4v) is 4.58. The number of carbonyl (C=O) groups excluding carboxylic acids is 1. The number of benzene rings is 2. The summed E-state index contributed by atoms with van der Waals surface area (Å²) in [6.45, 7) is 8.06. The maximum Gasteiger partial charge on any atom is 0.256 e. The molecule has 26 heavy (non-hydrogen) atoms. The van der Waals surface area contributed by atoms with E-state index in [-0.39, 0.29) is 18.0 Å². The number of hydrogen-bond acceptors (Lipinski definition) is 3. The van der Waals surface area contributed by atoms with Crippen LogP contribution in [0.4, 0.5) is 11.4 Å². The molecule has 0 heterocycles. The standard InChI is InChI=1S/C20H24Br2N2O2/c1-12(2)24(13(3)4)20(25)17-15(21)11-16(19(26-5)18(17)22)23-14-9-7-6-8-10-14/h6-13,23H,1-5H3. The van der Waals surface area contributed by atoms with E-state index < -0.39 is 0 Å². The number of amides is 1. The molecule has 0 aliphatic heterocycles. The van der Waals surface area contributed by atoms with Crippen molar-refractivity contribution >= 4 is 49.1 Å². The second-order valence-electron chi connectivity index (χ2n) is 6.52. The fourth-order valence-electron chi connectivity index (χ4n) is 2.96. The largest absolute Gasteiger partial charge is 0.493 e. The molecule has 2 aromatic rings. The van der Waals surface area contributed by atoms with Crippen LogP contribution in [-0.2, 0) is 0 Å². The third kappa shape index (κ3) is 4.41. The zero-order valence-corrected chi connectivity index (χ0v) is 18.8. The molecular weight excluding hydrogens is 460 g/mol. The van der Waals surface area contributed by atoms with Crippen molar-refractivity contribution in [2.75, 3.05) is 12.4 Å².